The number of likely N-dealkylation sites (tertiary alicyclic amines) is 1. The third-order valence-electron chi connectivity index (χ3n) is 4.93. The predicted octanol–water partition coefficient (Wildman–Crippen LogP) is 5.26. The number of piperidine rings is 1. The molecule has 2 aromatic carbocycles. The van der Waals surface area contributed by atoms with Crippen LogP contribution >= 0.6 is 23.1 Å². The fourth-order valence-electron chi connectivity index (χ4n) is 3.62. The Hall–Kier alpha value is -1.43. The van der Waals surface area contributed by atoms with Crippen LogP contribution in [0.25, 0.3) is 10.2 Å². The zero-order valence-electron chi connectivity index (χ0n) is 14.2. The summed E-state index contributed by atoms with van der Waals surface area (Å²) < 4.78 is 15.7. The molecule has 5 heteroatoms. The van der Waals surface area contributed by atoms with Gasteiger partial charge in [-0.25, -0.2) is 9.37 Å². The molecular weight excluding hydrogens is 351 g/mol. The molecule has 2 atom stereocenters. The first-order chi connectivity index (χ1) is 12.2. The van der Waals surface area contributed by atoms with Crippen LogP contribution in [0.5, 0.6) is 0 Å². The second kappa shape index (κ2) is 7.44. The summed E-state index contributed by atoms with van der Waals surface area (Å²) in [7, 11) is 2.19. The highest BCUT2D eigenvalue weighted by Gasteiger charge is 2.29. The first kappa shape index (κ1) is 17.0. The number of fused-ring (bicyclic) bond motifs is 1. The van der Waals surface area contributed by atoms with Gasteiger partial charge < -0.3 is 4.90 Å². The van der Waals surface area contributed by atoms with Crippen LogP contribution in [0, 0.1) is 11.7 Å². The van der Waals surface area contributed by atoms with Crippen molar-refractivity contribution < 1.29 is 4.39 Å². The summed E-state index contributed by atoms with van der Waals surface area (Å²) in [4.78, 5) is 7.15. The summed E-state index contributed by atoms with van der Waals surface area (Å²) in [5, 5.41) is 0. The number of thioether (sulfide) groups is 1. The SMILES string of the molecule is CN1CC[C@H](c2ccc(F)cc2)[C@@H](CSc2nc3ccccc3s2)C1. The topological polar surface area (TPSA) is 16.1 Å². The van der Waals surface area contributed by atoms with Gasteiger partial charge in [0.1, 0.15) is 5.82 Å². The van der Waals surface area contributed by atoms with Crippen molar-refractivity contribution >= 4 is 33.3 Å². The lowest BCUT2D eigenvalue weighted by molar-refractivity contribution is 0.198. The van der Waals surface area contributed by atoms with Crippen molar-refractivity contribution in [2.24, 2.45) is 5.92 Å². The maximum absolute atomic E-state index is 13.3. The van der Waals surface area contributed by atoms with Gasteiger partial charge in [-0.05, 0) is 61.7 Å². The molecule has 2 heterocycles. The predicted molar refractivity (Wildman–Crippen MR) is 105 cm³/mol. The minimum atomic E-state index is -0.155. The molecule has 130 valence electrons. The fourth-order valence-corrected chi connectivity index (χ4v) is 5.89. The van der Waals surface area contributed by atoms with Crippen molar-refractivity contribution in [3.05, 3.63) is 59.9 Å². The molecule has 0 aliphatic carbocycles. The Morgan fingerprint density at radius 3 is 2.80 bits per heavy atom. The lowest BCUT2D eigenvalue weighted by Gasteiger charge is -2.37. The van der Waals surface area contributed by atoms with Crippen LogP contribution in [0.3, 0.4) is 0 Å². The summed E-state index contributed by atoms with van der Waals surface area (Å²) >= 11 is 3.64. The van der Waals surface area contributed by atoms with E-state index >= 15 is 0 Å². The average Bonchev–Trinajstić information content (AvgIpc) is 3.04. The maximum atomic E-state index is 13.3. The lowest BCUT2D eigenvalue weighted by Crippen LogP contribution is -2.38. The molecule has 1 saturated heterocycles. The molecule has 3 aromatic rings. The van der Waals surface area contributed by atoms with E-state index in [1.807, 2.05) is 30.0 Å². The van der Waals surface area contributed by atoms with Crippen LogP contribution in [-0.2, 0) is 0 Å². The van der Waals surface area contributed by atoms with Crippen molar-refractivity contribution in [3.63, 3.8) is 0 Å². The molecule has 1 aromatic heterocycles. The van der Waals surface area contributed by atoms with Gasteiger partial charge in [-0.1, -0.05) is 36.0 Å². The van der Waals surface area contributed by atoms with Gasteiger partial charge in [0.25, 0.3) is 0 Å². The van der Waals surface area contributed by atoms with Gasteiger partial charge in [-0.15, -0.1) is 11.3 Å². The monoisotopic (exact) mass is 372 g/mol. The Morgan fingerprint density at radius 2 is 2.00 bits per heavy atom. The number of halogens is 1. The minimum absolute atomic E-state index is 0.155. The number of nitrogens with zero attached hydrogens (tertiary/aromatic N) is 2. The number of aromatic nitrogens is 1. The Bertz CT molecular complexity index is 813. The van der Waals surface area contributed by atoms with E-state index in [-0.39, 0.29) is 5.82 Å². The second-order valence-electron chi connectivity index (χ2n) is 6.73. The summed E-state index contributed by atoms with van der Waals surface area (Å²) in [6.45, 7) is 2.18. The van der Waals surface area contributed by atoms with E-state index < -0.39 is 0 Å². The molecule has 4 rings (SSSR count). The van der Waals surface area contributed by atoms with E-state index in [1.165, 1.54) is 10.3 Å². The highest BCUT2D eigenvalue weighted by atomic mass is 32.2. The number of hydrogen-bond donors (Lipinski definition) is 0. The van der Waals surface area contributed by atoms with E-state index in [1.54, 1.807) is 23.5 Å². The highest BCUT2D eigenvalue weighted by Crippen LogP contribution is 2.38. The first-order valence-electron chi connectivity index (χ1n) is 8.61. The largest absolute Gasteiger partial charge is 0.306 e. The molecule has 0 spiro atoms. The fraction of sp³-hybridized carbons (Fsp3) is 0.350. The number of thiazole rings is 1. The summed E-state index contributed by atoms with van der Waals surface area (Å²) in [5.41, 5.74) is 2.36. The normalized spacial score (nSPS) is 21.7. The number of hydrogen-bond acceptors (Lipinski definition) is 4. The van der Waals surface area contributed by atoms with E-state index in [0.717, 1.165) is 35.1 Å². The third-order valence-corrected chi connectivity index (χ3v) is 7.30. The molecule has 25 heavy (non-hydrogen) atoms. The van der Waals surface area contributed by atoms with Crippen LogP contribution in [-0.4, -0.2) is 35.8 Å². The quantitative estimate of drug-likeness (QED) is 0.581. The molecule has 1 aliphatic rings. The Kier molecular flexibility index (Phi) is 5.06. The second-order valence-corrected chi connectivity index (χ2v) is 9.03. The highest BCUT2D eigenvalue weighted by molar-refractivity contribution is 8.01. The van der Waals surface area contributed by atoms with Gasteiger partial charge in [-0.2, -0.15) is 0 Å². The summed E-state index contributed by atoms with van der Waals surface area (Å²) in [5.74, 6) is 1.95. The Morgan fingerprint density at radius 1 is 1.20 bits per heavy atom. The van der Waals surface area contributed by atoms with Crippen molar-refractivity contribution in [2.75, 3.05) is 25.9 Å². The summed E-state index contributed by atoms with van der Waals surface area (Å²) in [6, 6.07) is 15.4. The Balaban J connectivity index is 1.50. The van der Waals surface area contributed by atoms with E-state index in [9.17, 15) is 4.39 Å². The molecule has 0 unspecified atom stereocenters. The van der Waals surface area contributed by atoms with Gasteiger partial charge in [0.05, 0.1) is 10.2 Å². The standard InChI is InChI=1S/C20H21FN2S2/c1-23-11-10-17(14-6-8-16(21)9-7-14)15(12-23)13-24-20-22-18-4-2-3-5-19(18)25-20/h2-9,15,17H,10-13H2,1H3/t15-,17-/m1/s1. The van der Waals surface area contributed by atoms with Gasteiger partial charge in [0.15, 0.2) is 4.34 Å². The lowest BCUT2D eigenvalue weighted by atomic mass is 9.81. The first-order valence-corrected chi connectivity index (χ1v) is 10.4. The van der Waals surface area contributed by atoms with E-state index in [0.29, 0.717) is 11.8 Å². The molecule has 1 fully saturated rings. The molecule has 0 amide bonds. The smallest absolute Gasteiger partial charge is 0.151 e. The molecule has 0 saturated carbocycles. The third kappa shape index (κ3) is 3.89. The number of benzene rings is 2. The molecule has 0 bridgehead atoms. The van der Waals surface area contributed by atoms with E-state index in [2.05, 4.69) is 30.1 Å². The molecule has 0 N–H and O–H groups in total. The van der Waals surface area contributed by atoms with Gasteiger partial charge in [0, 0.05) is 12.3 Å². The maximum Gasteiger partial charge on any atom is 0.151 e. The van der Waals surface area contributed by atoms with Crippen LogP contribution in [0.15, 0.2) is 52.9 Å². The van der Waals surface area contributed by atoms with Gasteiger partial charge in [0.2, 0.25) is 0 Å². The average molecular weight is 373 g/mol. The zero-order chi connectivity index (χ0) is 17.2. The summed E-state index contributed by atoms with van der Waals surface area (Å²) in [6.07, 6.45) is 1.13. The molecule has 2 nitrogen and oxygen atoms in total. The van der Waals surface area contributed by atoms with E-state index in [4.69, 9.17) is 4.98 Å². The van der Waals surface area contributed by atoms with Crippen molar-refractivity contribution in [1.82, 2.24) is 9.88 Å². The van der Waals surface area contributed by atoms with Crippen molar-refractivity contribution in [3.8, 4) is 0 Å². The van der Waals surface area contributed by atoms with Crippen LogP contribution in [0.1, 0.15) is 17.9 Å². The molecule has 1 aliphatic heterocycles. The zero-order valence-corrected chi connectivity index (χ0v) is 15.8. The number of para-hydroxylation sites is 1. The van der Waals surface area contributed by atoms with Crippen LogP contribution < -0.4 is 0 Å². The number of rotatable bonds is 4. The van der Waals surface area contributed by atoms with Gasteiger partial charge in [-0.3, -0.25) is 0 Å². The molecule has 0 radical (unpaired) electrons. The van der Waals surface area contributed by atoms with Crippen LogP contribution in [0.4, 0.5) is 4.39 Å². The van der Waals surface area contributed by atoms with Crippen LogP contribution in [0.2, 0.25) is 0 Å². The van der Waals surface area contributed by atoms with Crippen molar-refractivity contribution in [1.29, 1.82) is 0 Å². The minimum Gasteiger partial charge on any atom is -0.306 e. The molecular formula is C20H21FN2S2. The Labute approximate surface area is 156 Å². The van der Waals surface area contributed by atoms with Gasteiger partial charge >= 0.3 is 0 Å². The van der Waals surface area contributed by atoms with Crippen molar-refractivity contribution in [2.45, 2.75) is 16.7 Å².